The first-order chi connectivity index (χ1) is 13.7. The third-order valence-corrected chi connectivity index (χ3v) is 5.63. The zero-order valence-corrected chi connectivity index (χ0v) is 19.2. The Balaban J connectivity index is 1.91. The molecule has 2 rings (SSSR count). The van der Waals surface area contributed by atoms with Crippen LogP contribution in [0.3, 0.4) is 0 Å². The number of ether oxygens (including phenoxy) is 2. The SMILES string of the molecule is CC(=O)NC1CCC(OC(CC(C)C)Oc2ccc(C(C)CC(C)C)cc2)CC1. The van der Waals surface area contributed by atoms with E-state index in [1.54, 1.807) is 6.92 Å². The molecule has 2 atom stereocenters. The molecular weight excluding hydrogens is 362 g/mol. The molecule has 164 valence electrons. The van der Waals surface area contributed by atoms with Gasteiger partial charge in [-0.15, -0.1) is 0 Å². The van der Waals surface area contributed by atoms with Crippen molar-refractivity contribution in [3.63, 3.8) is 0 Å². The molecule has 4 nitrogen and oxygen atoms in total. The van der Waals surface area contributed by atoms with Crippen molar-refractivity contribution in [1.82, 2.24) is 5.32 Å². The summed E-state index contributed by atoms with van der Waals surface area (Å²) >= 11 is 0. The minimum Gasteiger partial charge on any atom is -0.465 e. The van der Waals surface area contributed by atoms with Gasteiger partial charge >= 0.3 is 0 Å². The maximum atomic E-state index is 11.3. The van der Waals surface area contributed by atoms with Crippen LogP contribution < -0.4 is 10.1 Å². The first kappa shape index (κ1) is 23.7. The number of amides is 1. The summed E-state index contributed by atoms with van der Waals surface area (Å²) in [6, 6.07) is 8.82. The molecule has 0 radical (unpaired) electrons. The molecule has 1 aromatic carbocycles. The van der Waals surface area contributed by atoms with Crippen LogP contribution in [-0.4, -0.2) is 24.3 Å². The number of carbonyl (C=O) groups excluding carboxylic acids is 1. The van der Waals surface area contributed by atoms with Crippen LogP contribution in [0.4, 0.5) is 0 Å². The third-order valence-electron chi connectivity index (χ3n) is 5.63. The maximum absolute atomic E-state index is 11.3. The van der Waals surface area contributed by atoms with Crippen LogP contribution in [-0.2, 0) is 9.53 Å². The lowest BCUT2D eigenvalue weighted by Crippen LogP contribution is -2.39. The van der Waals surface area contributed by atoms with Crippen LogP contribution in [0.1, 0.15) is 91.5 Å². The van der Waals surface area contributed by atoms with Crippen molar-refractivity contribution in [2.45, 2.75) is 104 Å². The summed E-state index contributed by atoms with van der Waals surface area (Å²) < 4.78 is 12.6. The first-order valence-corrected chi connectivity index (χ1v) is 11.4. The van der Waals surface area contributed by atoms with Crippen LogP contribution >= 0.6 is 0 Å². The van der Waals surface area contributed by atoms with E-state index in [0.717, 1.165) is 37.9 Å². The van der Waals surface area contributed by atoms with Gasteiger partial charge in [-0.3, -0.25) is 4.79 Å². The van der Waals surface area contributed by atoms with Gasteiger partial charge in [-0.05, 0) is 67.6 Å². The second-order valence-corrected chi connectivity index (χ2v) is 9.59. The highest BCUT2D eigenvalue weighted by Crippen LogP contribution is 2.28. The molecular formula is C25H41NO3. The van der Waals surface area contributed by atoms with E-state index in [9.17, 15) is 4.79 Å². The van der Waals surface area contributed by atoms with E-state index >= 15 is 0 Å². The fourth-order valence-corrected chi connectivity index (χ4v) is 4.23. The summed E-state index contributed by atoms with van der Waals surface area (Å²) in [5, 5.41) is 3.03. The summed E-state index contributed by atoms with van der Waals surface area (Å²) in [6.45, 7) is 12.8. The summed E-state index contributed by atoms with van der Waals surface area (Å²) in [5.41, 5.74) is 1.36. The average Bonchev–Trinajstić information content (AvgIpc) is 2.62. The Labute approximate surface area is 177 Å². The Bertz CT molecular complexity index is 603. The molecule has 1 saturated carbocycles. The van der Waals surface area contributed by atoms with Crippen molar-refractivity contribution in [3.8, 4) is 5.75 Å². The summed E-state index contributed by atoms with van der Waals surface area (Å²) in [7, 11) is 0. The Morgan fingerprint density at radius 1 is 0.966 bits per heavy atom. The molecule has 0 saturated heterocycles. The largest absolute Gasteiger partial charge is 0.465 e. The average molecular weight is 404 g/mol. The number of carbonyl (C=O) groups is 1. The second-order valence-electron chi connectivity index (χ2n) is 9.59. The van der Waals surface area contributed by atoms with Crippen molar-refractivity contribution in [2.24, 2.45) is 11.8 Å². The van der Waals surface area contributed by atoms with Crippen LogP contribution in [0.15, 0.2) is 24.3 Å². The number of rotatable bonds is 10. The van der Waals surface area contributed by atoms with Gasteiger partial charge < -0.3 is 14.8 Å². The normalized spacial score (nSPS) is 21.8. The standard InChI is InChI=1S/C25H41NO3/c1-17(2)15-19(5)21-7-11-23(12-8-21)28-25(16-18(3)4)29-24-13-9-22(10-14-24)26-20(6)27/h7-8,11-12,17-19,22,24-25H,9-10,13-16H2,1-6H3,(H,26,27). The Kier molecular flexibility index (Phi) is 9.48. The zero-order valence-electron chi connectivity index (χ0n) is 19.2. The van der Waals surface area contributed by atoms with Crippen molar-refractivity contribution in [2.75, 3.05) is 0 Å². The number of hydrogen-bond donors (Lipinski definition) is 1. The van der Waals surface area contributed by atoms with E-state index in [2.05, 4.69) is 64.2 Å². The monoisotopic (exact) mass is 403 g/mol. The van der Waals surface area contributed by atoms with Gasteiger partial charge in [-0.1, -0.05) is 46.8 Å². The van der Waals surface area contributed by atoms with E-state index in [0.29, 0.717) is 17.8 Å². The summed E-state index contributed by atoms with van der Waals surface area (Å²) in [5.74, 6) is 2.70. The molecule has 1 fully saturated rings. The minimum absolute atomic E-state index is 0.0570. The van der Waals surface area contributed by atoms with Gasteiger partial charge in [0.1, 0.15) is 5.75 Å². The van der Waals surface area contributed by atoms with Gasteiger partial charge in [-0.25, -0.2) is 0 Å². The van der Waals surface area contributed by atoms with E-state index in [4.69, 9.17) is 9.47 Å². The smallest absolute Gasteiger partial charge is 0.217 e. The molecule has 1 N–H and O–H groups in total. The highest BCUT2D eigenvalue weighted by atomic mass is 16.7. The Hall–Kier alpha value is -1.55. The van der Waals surface area contributed by atoms with Gasteiger partial charge in [0, 0.05) is 19.4 Å². The van der Waals surface area contributed by atoms with E-state index < -0.39 is 0 Å². The lowest BCUT2D eigenvalue weighted by atomic mass is 9.92. The van der Waals surface area contributed by atoms with Gasteiger partial charge in [0.05, 0.1) is 6.10 Å². The topological polar surface area (TPSA) is 47.6 Å². The van der Waals surface area contributed by atoms with Gasteiger partial charge in [-0.2, -0.15) is 0 Å². The molecule has 29 heavy (non-hydrogen) atoms. The Morgan fingerprint density at radius 2 is 1.55 bits per heavy atom. The van der Waals surface area contributed by atoms with Crippen LogP contribution in [0.2, 0.25) is 0 Å². The molecule has 0 aliphatic heterocycles. The number of hydrogen-bond acceptors (Lipinski definition) is 3. The van der Waals surface area contributed by atoms with Crippen molar-refractivity contribution in [3.05, 3.63) is 29.8 Å². The fraction of sp³-hybridized carbons (Fsp3) is 0.720. The van der Waals surface area contributed by atoms with Gasteiger partial charge in [0.2, 0.25) is 5.91 Å². The lowest BCUT2D eigenvalue weighted by molar-refractivity contribution is -0.138. The van der Waals surface area contributed by atoms with Crippen molar-refractivity contribution in [1.29, 1.82) is 0 Å². The Morgan fingerprint density at radius 3 is 2.07 bits per heavy atom. The summed E-state index contributed by atoms with van der Waals surface area (Å²) in [4.78, 5) is 11.3. The predicted molar refractivity (Wildman–Crippen MR) is 119 cm³/mol. The molecule has 0 spiro atoms. The van der Waals surface area contributed by atoms with E-state index in [-0.39, 0.29) is 24.3 Å². The fourth-order valence-electron chi connectivity index (χ4n) is 4.23. The van der Waals surface area contributed by atoms with E-state index in [1.165, 1.54) is 12.0 Å². The van der Waals surface area contributed by atoms with Crippen molar-refractivity contribution < 1.29 is 14.3 Å². The van der Waals surface area contributed by atoms with Gasteiger partial charge in [0.15, 0.2) is 6.29 Å². The van der Waals surface area contributed by atoms with Crippen molar-refractivity contribution >= 4 is 5.91 Å². The lowest BCUT2D eigenvalue weighted by Gasteiger charge is -2.32. The third kappa shape index (κ3) is 8.77. The van der Waals surface area contributed by atoms with Crippen LogP contribution in [0.25, 0.3) is 0 Å². The quantitative estimate of drug-likeness (QED) is 0.484. The molecule has 1 aliphatic rings. The number of benzene rings is 1. The van der Waals surface area contributed by atoms with Gasteiger partial charge in [0.25, 0.3) is 0 Å². The molecule has 0 heterocycles. The molecule has 4 heteroatoms. The van der Waals surface area contributed by atoms with Crippen LogP contribution in [0, 0.1) is 11.8 Å². The highest BCUT2D eigenvalue weighted by Gasteiger charge is 2.26. The minimum atomic E-state index is -0.226. The molecule has 2 unspecified atom stereocenters. The first-order valence-electron chi connectivity index (χ1n) is 11.4. The summed E-state index contributed by atoms with van der Waals surface area (Å²) in [6.07, 6.45) is 5.92. The van der Waals surface area contributed by atoms with E-state index in [1.807, 2.05) is 0 Å². The van der Waals surface area contributed by atoms with Crippen LogP contribution in [0.5, 0.6) is 5.75 Å². The molecule has 1 aliphatic carbocycles. The molecule has 1 aromatic rings. The number of nitrogens with one attached hydrogen (secondary N) is 1. The molecule has 1 amide bonds. The maximum Gasteiger partial charge on any atom is 0.217 e. The predicted octanol–water partition coefficient (Wildman–Crippen LogP) is 6.05. The molecule has 0 aromatic heterocycles. The second kappa shape index (κ2) is 11.6. The zero-order chi connectivity index (χ0) is 21.4. The highest BCUT2D eigenvalue weighted by molar-refractivity contribution is 5.73. The molecule has 0 bridgehead atoms.